The smallest absolute Gasteiger partial charge is 0.407 e. The Balaban J connectivity index is 1.74. The van der Waals surface area contributed by atoms with Crippen molar-refractivity contribution in [1.29, 1.82) is 0 Å². The van der Waals surface area contributed by atoms with Crippen LogP contribution in [0.1, 0.15) is 70.0 Å². The zero-order valence-corrected chi connectivity index (χ0v) is 26.4. The highest BCUT2D eigenvalue weighted by atomic mass is 35.5. The molecule has 232 valence electrons. The van der Waals surface area contributed by atoms with Crippen LogP contribution in [0.3, 0.4) is 0 Å². The predicted octanol–water partition coefficient (Wildman–Crippen LogP) is 4.99. The van der Waals surface area contributed by atoms with E-state index in [1.54, 1.807) is 0 Å². The number of amides is 3. The fraction of sp³-hybridized carbons (Fsp3) is 0.500. The van der Waals surface area contributed by atoms with Crippen molar-refractivity contribution in [3.63, 3.8) is 0 Å². The first-order valence-corrected chi connectivity index (χ1v) is 15.2. The summed E-state index contributed by atoms with van der Waals surface area (Å²) < 4.78 is 10.7. The van der Waals surface area contributed by atoms with Crippen LogP contribution in [-0.4, -0.2) is 60.8 Å². The second-order valence-corrected chi connectivity index (χ2v) is 12.1. The number of aromatic nitrogens is 2. The number of halogens is 1. The third kappa shape index (κ3) is 6.80. The lowest BCUT2D eigenvalue weighted by atomic mass is 9.78. The topological polar surface area (TPSA) is 134 Å². The van der Waals surface area contributed by atoms with E-state index in [2.05, 4.69) is 34.8 Å². The van der Waals surface area contributed by atoms with E-state index >= 15 is 0 Å². The van der Waals surface area contributed by atoms with Crippen LogP contribution in [-0.2, 0) is 24.5 Å². The van der Waals surface area contributed by atoms with Crippen molar-refractivity contribution in [3.05, 3.63) is 64.4 Å². The molecule has 1 fully saturated rings. The first-order chi connectivity index (χ1) is 20.5. The van der Waals surface area contributed by atoms with Gasteiger partial charge < -0.3 is 30.4 Å². The molecular formula is C32H42ClN5O5. The number of carbonyl (C=O) groups excluding carboxylic acids is 3. The standard InChI is InChI=1S/C32H42ClN5O5/c1-7-34-29(39)26(19(4)5)37-30(40)32(14-15-43-17-32)20-12-13-23-24(16-20)36-28(35-23)27(38-31(41)42-6)25(18(2)3)21-10-8-9-11-22(21)33/h8-13,16,18-19,25-27H,7,14-15,17H2,1-6H3,(H,34,39)(H,35,36)(H,37,40)(H,38,41)/t25-,26+,27-,32?/m0/s1. The van der Waals surface area contributed by atoms with Gasteiger partial charge in [-0.05, 0) is 54.5 Å². The Hall–Kier alpha value is -3.63. The number of ether oxygens (including phenoxy) is 2. The lowest BCUT2D eigenvalue weighted by Gasteiger charge is -2.30. The summed E-state index contributed by atoms with van der Waals surface area (Å²) in [7, 11) is 1.32. The lowest BCUT2D eigenvalue weighted by Crippen LogP contribution is -2.55. The fourth-order valence-corrected chi connectivity index (χ4v) is 6.12. The average molecular weight is 612 g/mol. The number of likely N-dealkylation sites (N-methyl/N-ethyl adjacent to an activating group) is 1. The normalized spacial score (nSPS) is 18.8. The summed E-state index contributed by atoms with van der Waals surface area (Å²) in [6, 6.07) is 12.0. The number of hydrogen-bond acceptors (Lipinski definition) is 6. The summed E-state index contributed by atoms with van der Waals surface area (Å²) >= 11 is 6.63. The predicted molar refractivity (Wildman–Crippen MR) is 166 cm³/mol. The number of hydrogen-bond donors (Lipinski definition) is 4. The average Bonchev–Trinajstić information content (AvgIpc) is 3.64. The molecule has 4 atom stereocenters. The van der Waals surface area contributed by atoms with Gasteiger partial charge in [0, 0.05) is 24.1 Å². The van der Waals surface area contributed by atoms with E-state index in [4.69, 9.17) is 26.1 Å². The van der Waals surface area contributed by atoms with Gasteiger partial charge in [0.2, 0.25) is 11.8 Å². The Morgan fingerprint density at radius 1 is 1.09 bits per heavy atom. The van der Waals surface area contributed by atoms with E-state index in [9.17, 15) is 14.4 Å². The van der Waals surface area contributed by atoms with Gasteiger partial charge >= 0.3 is 6.09 Å². The number of fused-ring (bicyclic) bond motifs is 1. The Morgan fingerprint density at radius 3 is 2.44 bits per heavy atom. The van der Waals surface area contributed by atoms with Crippen LogP contribution in [0, 0.1) is 11.8 Å². The minimum absolute atomic E-state index is 0.0762. The van der Waals surface area contributed by atoms with Crippen molar-refractivity contribution in [2.45, 2.75) is 64.5 Å². The number of rotatable bonds is 11. The van der Waals surface area contributed by atoms with E-state index in [-0.39, 0.29) is 36.2 Å². The molecule has 0 aliphatic carbocycles. The van der Waals surface area contributed by atoms with Crippen molar-refractivity contribution >= 4 is 40.5 Å². The molecule has 10 nitrogen and oxygen atoms in total. The molecule has 1 aliphatic heterocycles. The van der Waals surface area contributed by atoms with Gasteiger partial charge in [0.15, 0.2) is 0 Å². The molecule has 4 rings (SSSR count). The van der Waals surface area contributed by atoms with Crippen LogP contribution in [0.4, 0.5) is 4.79 Å². The number of nitrogens with one attached hydrogen (secondary N) is 4. The van der Waals surface area contributed by atoms with Crippen LogP contribution in [0.15, 0.2) is 42.5 Å². The molecule has 4 N–H and O–H groups in total. The Bertz CT molecular complexity index is 1450. The number of methoxy groups -OCH3 is 1. The molecule has 1 saturated heterocycles. The summed E-state index contributed by atoms with van der Waals surface area (Å²) in [5, 5.41) is 9.38. The summed E-state index contributed by atoms with van der Waals surface area (Å²) in [5.41, 5.74) is 2.05. The lowest BCUT2D eigenvalue weighted by molar-refractivity contribution is -0.133. The number of carbonyl (C=O) groups is 3. The maximum atomic E-state index is 13.9. The van der Waals surface area contributed by atoms with Crippen LogP contribution < -0.4 is 16.0 Å². The first kappa shape index (κ1) is 32.3. The minimum atomic E-state index is -0.971. The van der Waals surface area contributed by atoms with E-state index in [0.29, 0.717) is 41.5 Å². The van der Waals surface area contributed by atoms with Crippen LogP contribution in [0.5, 0.6) is 0 Å². The van der Waals surface area contributed by atoms with Gasteiger partial charge in [-0.2, -0.15) is 0 Å². The van der Waals surface area contributed by atoms with Gasteiger partial charge in [-0.25, -0.2) is 9.78 Å². The SMILES string of the molecule is CCNC(=O)[C@H](NC(=O)C1(c2ccc3nc([C@@H](NC(=O)OC)[C@H](c4ccccc4Cl)C(C)C)[nH]c3c2)CCOC1)C(C)C. The maximum absolute atomic E-state index is 13.9. The number of benzene rings is 2. The Kier molecular flexibility index (Phi) is 10.3. The van der Waals surface area contributed by atoms with Gasteiger partial charge in [-0.1, -0.05) is 63.6 Å². The number of aromatic amines is 1. The van der Waals surface area contributed by atoms with E-state index < -0.39 is 23.6 Å². The second-order valence-electron chi connectivity index (χ2n) is 11.7. The first-order valence-electron chi connectivity index (χ1n) is 14.8. The molecule has 1 unspecified atom stereocenters. The van der Waals surface area contributed by atoms with Crippen molar-refractivity contribution in [3.8, 4) is 0 Å². The fourth-order valence-electron chi connectivity index (χ4n) is 5.86. The quantitative estimate of drug-likeness (QED) is 0.241. The molecule has 1 aromatic heterocycles. The molecule has 3 amide bonds. The zero-order valence-electron chi connectivity index (χ0n) is 25.6. The van der Waals surface area contributed by atoms with Gasteiger partial charge in [-0.3, -0.25) is 9.59 Å². The third-order valence-electron chi connectivity index (χ3n) is 8.19. The van der Waals surface area contributed by atoms with Crippen molar-refractivity contribution < 1.29 is 23.9 Å². The Labute approximate surface area is 257 Å². The van der Waals surface area contributed by atoms with Crippen molar-refractivity contribution in [2.24, 2.45) is 11.8 Å². The van der Waals surface area contributed by atoms with Crippen molar-refractivity contribution in [2.75, 3.05) is 26.9 Å². The third-order valence-corrected chi connectivity index (χ3v) is 8.54. The van der Waals surface area contributed by atoms with Crippen molar-refractivity contribution in [1.82, 2.24) is 25.9 Å². The molecule has 2 heterocycles. The maximum Gasteiger partial charge on any atom is 0.407 e. The number of alkyl carbamates (subject to hydrolysis) is 1. The molecule has 2 aromatic carbocycles. The highest BCUT2D eigenvalue weighted by Crippen LogP contribution is 2.40. The highest BCUT2D eigenvalue weighted by Gasteiger charge is 2.45. The molecule has 1 aliphatic rings. The van der Waals surface area contributed by atoms with Gasteiger partial charge in [0.1, 0.15) is 11.9 Å². The van der Waals surface area contributed by atoms with Gasteiger partial charge in [0.25, 0.3) is 0 Å². The van der Waals surface area contributed by atoms with E-state index in [1.165, 1.54) is 7.11 Å². The number of H-pyrrole nitrogens is 1. The van der Waals surface area contributed by atoms with E-state index in [1.807, 2.05) is 63.2 Å². The Morgan fingerprint density at radius 2 is 1.84 bits per heavy atom. The molecule has 0 bridgehead atoms. The zero-order chi connectivity index (χ0) is 31.3. The summed E-state index contributed by atoms with van der Waals surface area (Å²) in [4.78, 5) is 47.4. The summed E-state index contributed by atoms with van der Waals surface area (Å²) in [6.45, 7) is 10.9. The molecule has 0 saturated carbocycles. The summed E-state index contributed by atoms with van der Waals surface area (Å²) in [6.07, 6.45) is -0.116. The van der Waals surface area contributed by atoms with Crippen LogP contribution >= 0.6 is 11.6 Å². The second kappa shape index (κ2) is 13.8. The minimum Gasteiger partial charge on any atom is -0.453 e. The number of nitrogens with zero attached hydrogens (tertiary/aromatic N) is 1. The number of imidazole rings is 1. The molecule has 11 heteroatoms. The molecule has 0 radical (unpaired) electrons. The van der Waals surface area contributed by atoms with Gasteiger partial charge in [0.05, 0.1) is 36.2 Å². The largest absolute Gasteiger partial charge is 0.453 e. The molecular weight excluding hydrogens is 570 g/mol. The van der Waals surface area contributed by atoms with Crippen LogP contribution in [0.2, 0.25) is 5.02 Å². The van der Waals surface area contributed by atoms with E-state index in [0.717, 1.165) is 11.1 Å². The molecule has 0 spiro atoms. The summed E-state index contributed by atoms with van der Waals surface area (Å²) in [5.74, 6) is -0.177. The van der Waals surface area contributed by atoms with Gasteiger partial charge in [-0.15, -0.1) is 0 Å². The molecule has 3 aromatic rings. The monoisotopic (exact) mass is 611 g/mol. The van der Waals surface area contributed by atoms with Crippen LogP contribution in [0.25, 0.3) is 11.0 Å². The highest BCUT2D eigenvalue weighted by molar-refractivity contribution is 6.31. The molecule has 43 heavy (non-hydrogen) atoms.